The van der Waals surface area contributed by atoms with Crippen molar-refractivity contribution in [3.05, 3.63) is 24.3 Å². The number of allylic oxidation sites excluding steroid dienone is 3. The molecule has 496 valence electrons. The molecule has 84 heavy (non-hydrogen) atoms. The average molecular weight is 1200 g/mol. The number of unbranched alkanes of at least 4 members (excludes halogenated alkanes) is 44. The maximum atomic E-state index is 13.3. The molecular weight excluding hydrogens is 1060 g/mol. The minimum absolute atomic E-state index is 0.244. The van der Waals surface area contributed by atoms with E-state index in [1.807, 2.05) is 6.08 Å². The van der Waals surface area contributed by atoms with Crippen molar-refractivity contribution in [2.75, 3.05) is 19.8 Å². The summed E-state index contributed by atoms with van der Waals surface area (Å²) in [7, 11) is 0. The lowest BCUT2D eigenvalue weighted by Gasteiger charge is -2.46. The molecule has 12 atom stereocenters. The Morgan fingerprint density at radius 1 is 0.417 bits per heavy atom. The highest BCUT2D eigenvalue weighted by atomic mass is 16.7. The molecule has 0 aliphatic carbocycles. The van der Waals surface area contributed by atoms with Crippen LogP contribution in [0.5, 0.6) is 0 Å². The van der Waals surface area contributed by atoms with Crippen LogP contribution in [0.2, 0.25) is 0 Å². The van der Waals surface area contributed by atoms with Gasteiger partial charge in [0.2, 0.25) is 5.91 Å². The van der Waals surface area contributed by atoms with E-state index in [-0.39, 0.29) is 18.9 Å². The average Bonchev–Trinajstić information content (AvgIpc) is 3.68. The van der Waals surface area contributed by atoms with Gasteiger partial charge in [-0.05, 0) is 32.1 Å². The van der Waals surface area contributed by atoms with Gasteiger partial charge in [0, 0.05) is 6.42 Å². The van der Waals surface area contributed by atoms with E-state index in [9.17, 15) is 45.6 Å². The Morgan fingerprint density at radius 2 is 0.762 bits per heavy atom. The molecule has 0 aromatic rings. The maximum Gasteiger partial charge on any atom is 0.220 e. The van der Waals surface area contributed by atoms with Crippen molar-refractivity contribution in [3.8, 4) is 0 Å². The van der Waals surface area contributed by atoms with Gasteiger partial charge in [-0.3, -0.25) is 4.79 Å². The van der Waals surface area contributed by atoms with E-state index in [0.717, 1.165) is 32.1 Å². The second kappa shape index (κ2) is 55.5. The highest BCUT2D eigenvalue weighted by molar-refractivity contribution is 5.76. The van der Waals surface area contributed by atoms with E-state index in [1.165, 1.54) is 257 Å². The summed E-state index contributed by atoms with van der Waals surface area (Å²) in [5.74, 6) is -0.244. The number of nitrogens with one attached hydrogen (secondary N) is 1. The van der Waals surface area contributed by atoms with E-state index in [4.69, 9.17) is 18.9 Å². The van der Waals surface area contributed by atoms with Gasteiger partial charge in [0.1, 0.15) is 48.8 Å². The molecule has 0 bridgehead atoms. The van der Waals surface area contributed by atoms with Gasteiger partial charge >= 0.3 is 0 Å². The Bertz CT molecular complexity index is 1500. The summed E-state index contributed by atoms with van der Waals surface area (Å²) in [4.78, 5) is 13.3. The molecular formula is C70H133NO13. The van der Waals surface area contributed by atoms with E-state index >= 15 is 0 Å². The molecule has 0 radical (unpaired) electrons. The number of aliphatic hydroxyl groups is 8. The normalized spacial score (nSPS) is 23.7. The first kappa shape index (κ1) is 78.6. The summed E-state index contributed by atoms with van der Waals surface area (Å²) in [5.41, 5.74) is 0. The van der Waals surface area contributed by atoms with Crippen LogP contribution in [0, 0.1) is 0 Å². The third kappa shape index (κ3) is 39.5. The number of ether oxygens (including phenoxy) is 4. The fraction of sp³-hybridized carbons (Fsp3) is 0.929. The highest BCUT2D eigenvalue weighted by Gasteiger charge is 2.51. The molecule has 2 aliphatic heterocycles. The molecule has 1 amide bonds. The summed E-state index contributed by atoms with van der Waals surface area (Å²) in [6.45, 7) is 2.79. The zero-order valence-electron chi connectivity index (χ0n) is 53.9. The Morgan fingerprint density at radius 3 is 1.17 bits per heavy atom. The molecule has 2 saturated heterocycles. The first-order valence-electron chi connectivity index (χ1n) is 35.6. The summed E-state index contributed by atoms with van der Waals surface area (Å²) in [5, 5.41) is 87.1. The van der Waals surface area contributed by atoms with E-state index in [1.54, 1.807) is 6.08 Å². The lowest BCUT2D eigenvalue weighted by molar-refractivity contribution is -0.359. The Balaban J connectivity index is 1.54. The highest BCUT2D eigenvalue weighted by Crippen LogP contribution is 2.30. The topological polar surface area (TPSA) is 228 Å². The zero-order chi connectivity index (χ0) is 60.9. The standard InChI is InChI=1S/C70H133NO13/c1-3-5-7-9-11-13-15-17-18-19-20-21-22-23-24-25-26-27-28-29-30-31-32-33-34-35-36-37-38-39-40-41-42-44-46-48-50-52-54-62(75)71-58(59(74)53-51-49-47-45-43-16-14-12-10-8-6-4-2)57-81-69-67(80)65(78)68(61(56-73)83-69)84-70-66(79)64(77)63(76)60(55-72)82-70/h43,45,51,53,58-61,63-70,72-74,76-80H,3-42,44,46-50,52,54-57H2,1-2H3,(H,71,75)/b45-43+,53-51+. The molecule has 0 aromatic carbocycles. The molecule has 2 fully saturated rings. The second-order valence-corrected chi connectivity index (χ2v) is 25.4. The predicted octanol–water partition coefficient (Wildman–Crippen LogP) is 14.3. The van der Waals surface area contributed by atoms with Crippen molar-refractivity contribution in [1.82, 2.24) is 5.32 Å². The molecule has 14 nitrogen and oxygen atoms in total. The van der Waals surface area contributed by atoms with Gasteiger partial charge in [0.05, 0.1) is 32.0 Å². The number of amides is 1. The molecule has 0 spiro atoms. The number of hydrogen-bond acceptors (Lipinski definition) is 13. The Hall–Kier alpha value is -1.53. The molecule has 9 N–H and O–H groups in total. The molecule has 2 rings (SSSR count). The molecule has 14 heteroatoms. The first-order valence-corrected chi connectivity index (χ1v) is 35.6. The van der Waals surface area contributed by atoms with E-state index in [0.29, 0.717) is 12.8 Å². The van der Waals surface area contributed by atoms with E-state index in [2.05, 4.69) is 31.3 Å². The van der Waals surface area contributed by atoms with Gasteiger partial charge in [-0.25, -0.2) is 0 Å². The number of carbonyl (C=O) groups is 1. The van der Waals surface area contributed by atoms with Gasteiger partial charge in [-0.1, -0.05) is 308 Å². The van der Waals surface area contributed by atoms with Crippen molar-refractivity contribution in [2.24, 2.45) is 0 Å². The zero-order valence-corrected chi connectivity index (χ0v) is 53.9. The monoisotopic (exact) mass is 1200 g/mol. The quantitative estimate of drug-likeness (QED) is 0.0204. The third-order valence-corrected chi connectivity index (χ3v) is 17.6. The van der Waals surface area contributed by atoms with Crippen molar-refractivity contribution >= 4 is 5.91 Å². The van der Waals surface area contributed by atoms with Gasteiger partial charge < -0.3 is 65.1 Å². The predicted molar refractivity (Wildman–Crippen MR) is 342 cm³/mol. The second-order valence-electron chi connectivity index (χ2n) is 25.4. The van der Waals surface area contributed by atoms with Crippen LogP contribution in [-0.2, 0) is 23.7 Å². The molecule has 2 heterocycles. The first-order chi connectivity index (χ1) is 41.1. The molecule has 0 aromatic heterocycles. The fourth-order valence-corrected chi connectivity index (χ4v) is 12.0. The van der Waals surface area contributed by atoms with Crippen LogP contribution >= 0.6 is 0 Å². The summed E-state index contributed by atoms with van der Waals surface area (Å²) < 4.78 is 22.8. The number of carbonyl (C=O) groups excluding carboxylic acids is 1. The Kier molecular flexibility index (Phi) is 51.9. The van der Waals surface area contributed by atoms with Crippen molar-refractivity contribution < 1.29 is 64.6 Å². The van der Waals surface area contributed by atoms with Crippen molar-refractivity contribution in [3.63, 3.8) is 0 Å². The van der Waals surface area contributed by atoms with Crippen LogP contribution in [0.3, 0.4) is 0 Å². The third-order valence-electron chi connectivity index (χ3n) is 17.6. The van der Waals surface area contributed by atoms with Gasteiger partial charge in [-0.2, -0.15) is 0 Å². The number of aliphatic hydroxyl groups excluding tert-OH is 8. The summed E-state index contributed by atoms with van der Waals surface area (Å²) in [6, 6.07) is -0.927. The van der Waals surface area contributed by atoms with Crippen LogP contribution < -0.4 is 5.32 Å². The van der Waals surface area contributed by atoms with Gasteiger partial charge in [0.15, 0.2) is 12.6 Å². The van der Waals surface area contributed by atoms with E-state index < -0.39 is 86.8 Å². The SMILES string of the molecule is CCCCCCCC/C=C/CC/C=C/C(O)C(COC1OC(CO)C(OC2OC(CO)C(O)C(O)C2O)C(O)C1O)NC(=O)CCCCCCCCCCCCCCCCCCCCCCCCCCCCCCCCCCCCCCCC. The van der Waals surface area contributed by atoms with Crippen LogP contribution in [0.25, 0.3) is 0 Å². The fourth-order valence-electron chi connectivity index (χ4n) is 12.0. The number of hydrogen-bond donors (Lipinski definition) is 9. The maximum absolute atomic E-state index is 13.3. The molecule has 2 aliphatic rings. The van der Waals surface area contributed by atoms with Crippen LogP contribution in [-0.4, -0.2) is 140 Å². The molecule has 0 saturated carbocycles. The lowest BCUT2D eigenvalue weighted by atomic mass is 9.97. The lowest BCUT2D eigenvalue weighted by Crippen LogP contribution is -2.65. The Labute approximate surface area is 513 Å². The summed E-state index contributed by atoms with van der Waals surface area (Å²) >= 11 is 0. The smallest absolute Gasteiger partial charge is 0.220 e. The summed E-state index contributed by atoms with van der Waals surface area (Å²) in [6.07, 6.45) is 52.9. The largest absolute Gasteiger partial charge is 0.394 e. The van der Waals surface area contributed by atoms with Gasteiger partial charge in [-0.15, -0.1) is 0 Å². The van der Waals surface area contributed by atoms with Gasteiger partial charge in [0.25, 0.3) is 0 Å². The minimum atomic E-state index is -1.79. The minimum Gasteiger partial charge on any atom is -0.394 e. The van der Waals surface area contributed by atoms with Crippen LogP contribution in [0.4, 0.5) is 0 Å². The van der Waals surface area contributed by atoms with Crippen LogP contribution in [0.1, 0.15) is 322 Å². The number of rotatable bonds is 59. The van der Waals surface area contributed by atoms with Crippen molar-refractivity contribution in [1.29, 1.82) is 0 Å². The van der Waals surface area contributed by atoms with Crippen molar-refractivity contribution in [2.45, 2.75) is 396 Å². The van der Waals surface area contributed by atoms with Crippen LogP contribution in [0.15, 0.2) is 24.3 Å². The molecule has 12 unspecified atom stereocenters.